The minimum absolute atomic E-state index is 0.0804. The van der Waals surface area contributed by atoms with Crippen LogP contribution in [0.2, 0.25) is 0 Å². The van der Waals surface area contributed by atoms with E-state index in [0.29, 0.717) is 51.9 Å². The minimum atomic E-state index is -1.000. The van der Waals surface area contributed by atoms with Gasteiger partial charge in [0.2, 0.25) is 0 Å². The topological polar surface area (TPSA) is 127 Å². The van der Waals surface area contributed by atoms with E-state index in [2.05, 4.69) is 63.7 Å². The summed E-state index contributed by atoms with van der Waals surface area (Å²) in [5, 5.41) is 24.7. The number of ether oxygens (including phenoxy) is 2. The van der Waals surface area contributed by atoms with E-state index < -0.39 is 12.1 Å². The number of anilines is 2. The largest absolute Gasteiger partial charge is 0.465 e. The van der Waals surface area contributed by atoms with E-state index in [-0.39, 0.29) is 12.5 Å². The van der Waals surface area contributed by atoms with Crippen LogP contribution >= 0.6 is 0 Å². The third kappa shape index (κ3) is 5.33. The molecule has 6 rings (SSSR count). The van der Waals surface area contributed by atoms with Crippen LogP contribution in [0.5, 0.6) is 6.01 Å². The van der Waals surface area contributed by atoms with E-state index in [4.69, 9.17) is 19.4 Å². The van der Waals surface area contributed by atoms with E-state index in [1.807, 2.05) is 0 Å². The van der Waals surface area contributed by atoms with Crippen molar-refractivity contribution in [1.82, 2.24) is 20.2 Å². The van der Waals surface area contributed by atoms with Gasteiger partial charge in [-0.05, 0) is 17.9 Å². The molecule has 40 heavy (non-hydrogen) atoms. The molecule has 3 aliphatic heterocycles. The first-order valence-electron chi connectivity index (χ1n) is 13.8. The average Bonchev–Trinajstić information content (AvgIpc) is 2.99. The van der Waals surface area contributed by atoms with E-state index in [1.54, 1.807) is 0 Å². The fourth-order valence-electron chi connectivity index (χ4n) is 5.88. The smallest absolute Gasteiger partial charge is 0.407 e. The standard InChI is InChI=1S/C29H33N7O4/c30-10-8-21-17-35(13-14-36(21)29(37)38)27-24-9-12-34(26-7-3-5-20-4-1-2-6-23(20)26)18-25(24)32-28(33-27)40-19-22-16-31-11-15-39-22/h1-7,21-22,31H,8-9,11-19H2,(H,37,38)/t21?,22-/m0/s1. The summed E-state index contributed by atoms with van der Waals surface area (Å²) in [5.74, 6) is 0.772. The van der Waals surface area contributed by atoms with Gasteiger partial charge in [0, 0.05) is 55.9 Å². The van der Waals surface area contributed by atoms with Crippen LogP contribution in [0.4, 0.5) is 16.3 Å². The van der Waals surface area contributed by atoms with Crippen molar-refractivity contribution in [2.75, 3.05) is 62.3 Å². The molecule has 208 valence electrons. The van der Waals surface area contributed by atoms with Gasteiger partial charge in [0.05, 0.1) is 37.4 Å². The first kappa shape index (κ1) is 26.1. The van der Waals surface area contributed by atoms with Gasteiger partial charge in [-0.3, -0.25) is 0 Å². The van der Waals surface area contributed by atoms with Gasteiger partial charge in [0.15, 0.2) is 0 Å². The Morgan fingerprint density at radius 2 is 2.02 bits per heavy atom. The summed E-state index contributed by atoms with van der Waals surface area (Å²) in [6, 6.07) is 16.8. The van der Waals surface area contributed by atoms with E-state index in [1.165, 1.54) is 15.7 Å². The molecule has 0 saturated carbocycles. The van der Waals surface area contributed by atoms with Crippen molar-refractivity contribution in [3.05, 3.63) is 53.7 Å². The molecule has 1 amide bonds. The predicted molar refractivity (Wildman–Crippen MR) is 150 cm³/mol. The third-order valence-corrected chi connectivity index (χ3v) is 7.89. The van der Waals surface area contributed by atoms with Crippen molar-refractivity contribution in [3.63, 3.8) is 0 Å². The van der Waals surface area contributed by atoms with Crippen molar-refractivity contribution < 1.29 is 19.4 Å². The van der Waals surface area contributed by atoms with Crippen LogP contribution in [0.3, 0.4) is 0 Å². The lowest BCUT2D eigenvalue weighted by Gasteiger charge is -2.41. The summed E-state index contributed by atoms with van der Waals surface area (Å²) >= 11 is 0. The number of carboxylic acid groups (broad SMARTS) is 1. The fraction of sp³-hybridized carbons (Fsp3) is 0.448. The number of amides is 1. The maximum atomic E-state index is 11.8. The number of fused-ring (bicyclic) bond motifs is 2. The SMILES string of the molecule is N#CCC1CN(c2nc(OC[C@@H]3CNCCO3)nc3c2CCN(c2cccc4ccccc24)C3)CCN1C(=O)O. The van der Waals surface area contributed by atoms with Crippen molar-refractivity contribution in [3.8, 4) is 12.1 Å². The lowest BCUT2D eigenvalue weighted by atomic mass is 10.0. The van der Waals surface area contributed by atoms with Gasteiger partial charge < -0.3 is 34.6 Å². The van der Waals surface area contributed by atoms with E-state index in [9.17, 15) is 15.2 Å². The molecule has 0 radical (unpaired) electrons. The molecule has 0 aliphatic carbocycles. The summed E-state index contributed by atoms with van der Waals surface area (Å²) in [4.78, 5) is 27.3. The number of nitrogens with one attached hydrogen (secondary N) is 1. The molecular formula is C29H33N7O4. The Morgan fingerprint density at radius 3 is 2.85 bits per heavy atom. The number of morpholine rings is 1. The summed E-state index contributed by atoms with van der Waals surface area (Å²) in [6.07, 6.45) is -0.213. The zero-order chi connectivity index (χ0) is 27.5. The average molecular weight is 544 g/mol. The number of aromatic nitrogens is 2. The Labute approximate surface area is 232 Å². The lowest BCUT2D eigenvalue weighted by molar-refractivity contribution is -0.00183. The lowest BCUT2D eigenvalue weighted by Crippen LogP contribution is -2.55. The van der Waals surface area contributed by atoms with Gasteiger partial charge in [0.25, 0.3) is 0 Å². The number of carbonyl (C=O) groups is 1. The maximum Gasteiger partial charge on any atom is 0.407 e. The molecule has 2 saturated heterocycles. The summed E-state index contributed by atoms with van der Waals surface area (Å²) < 4.78 is 11.9. The third-order valence-electron chi connectivity index (χ3n) is 7.89. The molecule has 0 bridgehead atoms. The zero-order valence-electron chi connectivity index (χ0n) is 22.3. The molecule has 2 fully saturated rings. The maximum absolute atomic E-state index is 11.8. The molecule has 1 unspecified atom stereocenters. The summed E-state index contributed by atoms with van der Waals surface area (Å²) in [7, 11) is 0. The second-order valence-electron chi connectivity index (χ2n) is 10.4. The monoisotopic (exact) mass is 543 g/mol. The fourth-order valence-corrected chi connectivity index (χ4v) is 5.88. The number of nitrogens with zero attached hydrogens (tertiary/aromatic N) is 6. The molecule has 2 aromatic carbocycles. The van der Waals surface area contributed by atoms with E-state index >= 15 is 0 Å². The molecule has 1 aromatic heterocycles. The highest BCUT2D eigenvalue weighted by atomic mass is 16.5. The first-order valence-corrected chi connectivity index (χ1v) is 13.8. The summed E-state index contributed by atoms with van der Waals surface area (Å²) in [5.41, 5.74) is 3.12. The molecule has 3 aromatic rings. The Balaban J connectivity index is 1.32. The van der Waals surface area contributed by atoms with Crippen molar-refractivity contribution in [2.24, 2.45) is 0 Å². The second kappa shape index (κ2) is 11.5. The van der Waals surface area contributed by atoms with Gasteiger partial charge in [-0.25, -0.2) is 4.79 Å². The van der Waals surface area contributed by atoms with Gasteiger partial charge >= 0.3 is 12.1 Å². The minimum Gasteiger partial charge on any atom is -0.465 e. The first-order chi connectivity index (χ1) is 19.6. The predicted octanol–water partition coefficient (Wildman–Crippen LogP) is 2.64. The normalized spacial score (nSPS) is 21.1. The number of nitriles is 1. The number of hydrogen-bond acceptors (Lipinski definition) is 9. The van der Waals surface area contributed by atoms with Crippen LogP contribution in [0.1, 0.15) is 17.7 Å². The Morgan fingerprint density at radius 1 is 1.15 bits per heavy atom. The quantitative estimate of drug-likeness (QED) is 0.479. The molecule has 3 aliphatic rings. The molecule has 11 heteroatoms. The van der Waals surface area contributed by atoms with Crippen LogP contribution in [-0.4, -0.2) is 90.7 Å². The Kier molecular flexibility index (Phi) is 7.53. The molecule has 0 spiro atoms. The van der Waals surface area contributed by atoms with Crippen LogP contribution in [0, 0.1) is 11.3 Å². The Hall–Kier alpha value is -4.14. The number of benzene rings is 2. The molecule has 11 nitrogen and oxygen atoms in total. The number of piperazine rings is 1. The molecule has 2 N–H and O–H groups in total. The second-order valence-corrected chi connectivity index (χ2v) is 10.4. The van der Waals surface area contributed by atoms with Crippen LogP contribution in [0.15, 0.2) is 42.5 Å². The van der Waals surface area contributed by atoms with Crippen LogP contribution < -0.4 is 19.9 Å². The van der Waals surface area contributed by atoms with Gasteiger partial charge in [-0.2, -0.15) is 15.2 Å². The highest BCUT2D eigenvalue weighted by molar-refractivity contribution is 5.94. The highest BCUT2D eigenvalue weighted by Gasteiger charge is 2.34. The van der Waals surface area contributed by atoms with Gasteiger partial charge in [-0.15, -0.1) is 0 Å². The Bertz CT molecular complexity index is 1420. The van der Waals surface area contributed by atoms with Gasteiger partial charge in [-0.1, -0.05) is 36.4 Å². The van der Waals surface area contributed by atoms with Crippen molar-refractivity contribution >= 4 is 28.4 Å². The van der Waals surface area contributed by atoms with Crippen molar-refractivity contribution in [1.29, 1.82) is 5.26 Å². The molecular weight excluding hydrogens is 510 g/mol. The van der Waals surface area contributed by atoms with E-state index in [0.717, 1.165) is 42.3 Å². The zero-order valence-corrected chi connectivity index (χ0v) is 22.3. The van der Waals surface area contributed by atoms with Gasteiger partial charge in [0.1, 0.15) is 18.5 Å². The van der Waals surface area contributed by atoms with Crippen molar-refractivity contribution in [2.45, 2.75) is 31.5 Å². The molecule has 4 heterocycles. The number of hydrogen-bond donors (Lipinski definition) is 2. The summed E-state index contributed by atoms with van der Waals surface area (Å²) in [6.45, 7) is 5.10. The number of rotatable bonds is 6. The van der Waals surface area contributed by atoms with Crippen LogP contribution in [-0.2, 0) is 17.7 Å². The van der Waals surface area contributed by atoms with Crippen LogP contribution in [0.25, 0.3) is 10.8 Å². The highest BCUT2D eigenvalue weighted by Crippen LogP contribution is 2.34. The molecule has 2 atom stereocenters.